The average molecular weight is 252 g/mol. The molecule has 1 amide bonds. The molecular weight excluding hydrogens is 224 g/mol. The zero-order valence-corrected chi connectivity index (χ0v) is 12.1. The van der Waals surface area contributed by atoms with E-state index in [1.807, 2.05) is 0 Å². The summed E-state index contributed by atoms with van der Waals surface area (Å²) in [5.41, 5.74) is 5.69. The van der Waals surface area contributed by atoms with Gasteiger partial charge >= 0.3 is 0 Å². The summed E-state index contributed by atoms with van der Waals surface area (Å²) in [7, 11) is 0. The van der Waals surface area contributed by atoms with E-state index >= 15 is 0 Å². The van der Waals surface area contributed by atoms with Crippen molar-refractivity contribution in [1.82, 2.24) is 4.90 Å². The summed E-state index contributed by atoms with van der Waals surface area (Å²) in [5.74, 6) is 1.68. The van der Waals surface area contributed by atoms with Gasteiger partial charge in [-0.2, -0.15) is 0 Å². The molecule has 104 valence electrons. The normalized spacial score (nSPS) is 31.3. The molecule has 2 fully saturated rings. The van der Waals surface area contributed by atoms with E-state index in [9.17, 15) is 4.79 Å². The first-order valence-corrected chi connectivity index (χ1v) is 7.49. The first-order chi connectivity index (χ1) is 8.48. The Balaban J connectivity index is 1.99. The Bertz CT molecular complexity index is 304. The van der Waals surface area contributed by atoms with Crippen LogP contribution in [0.4, 0.5) is 0 Å². The summed E-state index contributed by atoms with van der Waals surface area (Å²) in [5, 5.41) is 0. The van der Waals surface area contributed by atoms with Crippen LogP contribution in [0.15, 0.2) is 0 Å². The molecule has 0 aromatic rings. The van der Waals surface area contributed by atoms with Crippen LogP contribution in [0, 0.1) is 17.3 Å². The molecule has 0 atom stereocenters. The Morgan fingerprint density at radius 3 is 2.39 bits per heavy atom. The highest BCUT2D eigenvalue weighted by Crippen LogP contribution is 2.47. The molecule has 0 aliphatic heterocycles. The summed E-state index contributed by atoms with van der Waals surface area (Å²) in [4.78, 5) is 14.9. The lowest BCUT2D eigenvalue weighted by Gasteiger charge is -2.47. The SMILES string of the molecule is CC(C)CCN(C(=O)C1(CN)CC(C)C1)C1CC1. The van der Waals surface area contributed by atoms with Gasteiger partial charge in [0.25, 0.3) is 0 Å². The summed E-state index contributed by atoms with van der Waals surface area (Å²) >= 11 is 0. The first-order valence-electron chi connectivity index (χ1n) is 7.49. The van der Waals surface area contributed by atoms with Gasteiger partial charge in [0.2, 0.25) is 5.91 Å². The average Bonchev–Trinajstić information content (AvgIpc) is 3.08. The van der Waals surface area contributed by atoms with Crippen LogP contribution in [-0.4, -0.2) is 29.9 Å². The number of nitrogens with zero attached hydrogens (tertiary/aromatic N) is 1. The zero-order valence-electron chi connectivity index (χ0n) is 12.1. The van der Waals surface area contributed by atoms with Gasteiger partial charge < -0.3 is 10.6 Å². The van der Waals surface area contributed by atoms with Crippen molar-refractivity contribution in [2.24, 2.45) is 23.0 Å². The summed E-state index contributed by atoms with van der Waals surface area (Å²) in [6.07, 6.45) is 5.49. The summed E-state index contributed by atoms with van der Waals surface area (Å²) in [6, 6.07) is 0.524. The predicted molar refractivity (Wildman–Crippen MR) is 74.1 cm³/mol. The van der Waals surface area contributed by atoms with E-state index in [0.29, 0.717) is 30.3 Å². The number of carbonyl (C=O) groups excluding carboxylic acids is 1. The number of hydrogen-bond acceptors (Lipinski definition) is 2. The van der Waals surface area contributed by atoms with Crippen LogP contribution in [-0.2, 0) is 4.79 Å². The molecule has 2 N–H and O–H groups in total. The molecule has 0 aromatic heterocycles. The fourth-order valence-corrected chi connectivity index (χ4v) is 3.24. The van der Waals surface area contributed by atoms with E-state index in [0.717, 1.165) is 25.8 Å². The highest BCUT2D eigenvalue weighted by atomic mass is 16.2. The van der Waals surface area contributed by atoms with Gasteiger partial charge in [-0.15, -0.1) is 0 Å². The molecule has 0 radical (unpaired) electrons. The van der Waals surface area contributed by atoms with Gasteiger partial charge in [0.1, 0.15) is 0 Å². The minimum atomic E-state index is -0.209. The van der Waals surface area contributed by atoms with Gasteiger partial charge in [0.05, 0.1) is 5.41 Å². The van der Waals surface area contributed by atoms with Crippen LogP contribution in [0.25, 0.3) is 0 Å². The molecule has 2 aliphatic rings. The third-order valence-electron chi connectivity index (χ3n) is 4.52. The lowest BCUT2D eigenvalue weighted by Crippen LogP contribution is -2.55. The minimum absolute atomic E-state index is 0.209. The molecule has 3 nitrogen and oxygen atoms in total. The molecule has 2 rings (SSSR count). The van der Waals surface area contributed by atoms with Gasteiger partial charge in [-0.3, -0.25) is 4.79 Å². The van der Waals surface area contributed by atoms with Crippen molar-refractivity contribution in [2.45, 2.75) is 58.9 Å². The van der Waals surface area contributed by atoms with Gasteiger partial charge in [-0.05, 0) is 43.9 Å². The van der Waals surface area contributed by atoms with Gasteiger partial charge in [0.15, 0.2) is 0 Å². The molecule has 2 saturated carbocycles. The maximum Gasteiger partial charge on any atom is 0.230 e. The van der Waals surface area contributed by atoms with Gasteiger partial charge in [-0.25, -0.2) is 0 Å². The molecule has 0 spiro atoms. The lowest BCUT2D eigenvalue weighted by atomic mass is 9.61. The van der Waals surface area contributed by atoms with Crippen molar-refractivity contribution in [2.75, 3.05) is 13.1 Å². The van der Waals surface area contributed by atoms with Crippen molar-refractivity contribution < 1.29 is 4.79 Å². The highest BCUT2D eigenvalue weighted by molar-refractivity contribution is 5.84. The van der Waals surface area contributed by atoms with Crippen molar-refractivity contribution in [1.29, 1.82) is 0 Å². The molecular formula is C15H28N2O. The largest absolute Gasteiger partial charge is 0.339 e. The third kappa shape index (κ3) is 2.71. The fourth-order valence-electron chi connectivity index (χ4n) is 3.24. The molecule has 0 saturated heterocycles. The molecule has 2 aliphatic carbocycles. The van der Waals surface area contributed by atoms with Crippen LogP contribution >= 0.6 is 0 Å². The van der Waals surface area contributed by atoms with E-state index < -0.39 is 0 Å². The lowest BCUT2D eigenvalue weighted by molar-refractivity contribution is -0.150. The summed E-state index contributed by atoms with van der Waals surface area (Å²) < 4.78 is 0. The van der Waals surface area contributed by atoms with Crippen molar-refractivity contribution in [3.05, 3.63) is 0 Å². The van der Waals surface area contributed by atoms with Crippen molar-refractivity contribution >= 4 is 5.91 Å². The molecule has 3 heteroatoms. The van der Waals surface area contributed by atoms with Crippen molar-refractivity contribution in [3.8, 4) is 0 Å². The Labute approximate surface area is 111 Å². The van der Waals surface area contributed by atoms with E-state index in [-0.39, 0.29) is 5.41 Å². The van der Waals surface area contributed by atoms with E-state index in [4.69, 9.17) is 5.73 Å². The topological polar surface area (TPSA) is 46.3 Å². The first kappa shape index (κ1) is 13.9. The second-order valence-electron chi connectivity index (χ2n) is 6.91. The van der Waals surface area contributed by atoms with E-state index in [1.54, 1.807) is 0 Å². The second kappa shape index (κ2) is 5.20. The number of amides is 1. The van der Waals surface area contributed by atoms with Crippen LogP contribution in [0.2, 0.25) is 0 Å². The fraction of sp³-hybridized carbons (Fsp3) is 0.933. The van der Waals surface area contributed by atoms with Gasteiger partial charge in [-0.1, -0.05) is 20.8 Å². The van der Waals surface area contributed by atoms with E-state index in [2.05, 4.69) is 25.7 Å². The Morgan fingerprint density at radius 2 is 2.00 bits per heavy atom. The molecule has 0 unspecified atom stereocenters. The Hall–Kier alpha value is -0.570. The number of rotatable bonds is 6. The second-order valence-corrected chi connectivity index (χ2v) is 6.91. The molecule has 0 aromatic carbocycles. The number of carbonyl (C=O) groups is 1. The molecule has 0 heterocycles. The minimum Gasteiger partial charge on any atom is -0.339 e. The van der Waals surface area contributed by atoms with E-state index in [1.165, 1.54) is 12.8 Å². The maximum atomic E-state index is 12.8. The highest BCUT2D eigenvalue weighted by Gasteiger charge is 2.50. The van der Waals surface area contributed by atoms with Crippen LogP contribution in [0.3, 0.4) is 0 Å². The quantitative estimate of drug-likeness (QED) is 0.789. The summed E-state index contributed by atoms with van der Waals surface area (Å²) in [6.45, 7) is 8.12. The predicted octanol–water partition coefficient (Wildman–Crippen LogP) is 2.40. The zero-order chi connectivity index (χ0) is 13.3. The third-order valence-corrected chi connectivity index (χ3v) is 4.52. The standard InChI is InChI=1S/C15H28N2O/c1-11(2)6-7-17(13-4-5-13)14(18)15(10-16)8-12(3)9-15/h11-13H,4-10,16H2,1-3H3. The Kier molecular flexibility index (Phi) is 4.00. The maximum absolute atomic E-state index is 12.8. The monoisotopic (exact) mass is 252 g/mol. The Morgan fingerprint density at radius 1 is 1.39 bits per heavy atom. The van der Waals surface area contributed by atoms with Crippen LogP contribution < -0.4 is 5.73 Å². The van der Waals surface area contributed by atoms with Crippen molar-refractivity contribution in [3.63, 3.8) is 0 Å². The molecule has 0 bridgehead atoms. The van der Waals surface area contributed by atoms with Gasteiger partial charge in [0, 0.05) is 19.1 Å². The number of nitrogens with two attached hydrogens (primary N) is 1. The number of hydrogen-bond donors (Lipinski definition) is 1. The van der Waals surface area contributed by atoms with Crippen LogP contribution in [0.1, 0.15) is 52.9 Å². The smallest absolute Gasteiger partial charge is 0.230 e. The molecule has 18 heavy (non-hydrogen) atoms. The van der Waals surface area contributed by atoms with Crippen LogP contribution in [0.5, 0.6) is 0 Å².